The minimum absolute atomic E-state index is 0.144. The Hall–Kier alpha value is -2.38. The lowest BCUT2D eigenvalue weighted by molar-refractivity contribution is -0.152. The highest BCUT2D eigenvalue weighted by Crippen LogP contribution is 2.19. The van der Waals surface area contributed by atoms with Crippen molar-refractivity contribution < 1.29 is 24.2 Å². The minimum atomic E-state index is -1.08. The number of amides is 1. The quantitative estimate of drug-likeness (QED) is 0.753. The maximum absolute atomic E-state index is 12.1. The van der Waals surface area contributed by atoms with Gasteiger partial charge in [-0.05, 0) is 11.6 Å². The molecule has 7 nitrogen and oxygen atoms in total. The molecule has 1 aromatic carbocycles. The van der Waals surface area contributed by atoms with Gasteiger partial charge in [-0.25, -0.2) is 4.79 Å². The number of aliphatic carboxylic acids is 1. The average Bonchev–Trinajstić information content (AvgIpc) is 2.98. The zero-order valence-electron chi connectivity index (χ0n) is 12.5. The molecule has 1 saturated heterocycles. The maximum atomic E-state index is 12.1. The second-order valence-electron chi connectivity index (χ2n) is 5.40. The van der Waals surface area contributed by atoms with Gasteiger partial charge < -0.3 is 24.9 Å². The molecule has 1 aromatic heterocycles. The Balaban J connectivity index is 1.71. The zero-order valence-corrected chi connectivity index (χ0v) is 12.5. The first-order valence-corrected chi connectivity index (χ1v) is 7.42. The summed E-state index contributed by atoms with van der Waals surface area (Å²) < 4.78 is 10.5. The number of carbonyl (C=O) groups excluding carboxylic acids is 1. The molecule has 2 heterocycles. The van der Waals surface area contributed by atoms with Gasteiger partial charge in [0.05, 0.1) is 19.8 Å². The number of aromatic nitrogens is 1. The van der Waals surface area contributed by atoms with Crippen LogP contribution in [0.3, 0.4) is 0 Å². The number of carboxylic acids is 1. The summed E-state index contributed by atoms with van der Waals surface area (Å²) in [4.78, 5) is 26.7. The smallest absolute Gasteiger partial charge is 0.326 e. The molecule has 1 fully saturated rings. The third-order valence-corrected chi connectivity index (χ3v) is 3.82. The molecule has 0 aliphatic carbocycles. The largest absolute Gasteiger partial charge is 0.480 e. The van der Waals surface area contributed by atoms with Gasteiger partial charge >= 0.3 is 5.97 Å². The summed E-state index contributed by atoms with van der Waals surface area (Å²) in [6, 6.07) is 6.61. The van der Waals surface area contributed by atoms with Crippen molar-refractivity contribution in [1.29, 1.82) is 0 Å². The summed E-state index contributed by atoms with van der Waals surface area (Å²) in [6.45, 7) is 0.922. The van der Waals surface area contributed by atoms with Gasteiger partial charge in [0.25, 0.3) is 5.91 Å². The first kappa shape index (κ1) is 15.5. The van der Waals surface area contributed by atoms with Gasteiger partial charge in [0.1, 0.15) is 6.04 Å². The molecule has 7 heteroatoms. The fraction of sp³-hybridized carbons (Fsp3) is 0.375. The van der Waals surface area contributed by atoms with Crippen LogP contribution in [-0.4, -0.2) is 53.9 Å². The van der Waals surface area contributed by atoms with E-state index in [9.17, 15) is 14.7 Å². The van der Waals surface area contributed by atoms with E-state index in [1.807, 2.05) is 24.3 Å². The Labute approximate surface area is 132 Å². The average molecular weight is 318 g/mol. The SMILES string of the molecule is O=C(O)[C@H](Cc1c[nH]c2ccccc12)NC(=O)[C@H]1COCCO1. The van der Waals surface area contributed by atoms with Gasteiger partial charge in [0.15, 0.2) is 6.10 Å². The standard InChI is InChI=1S/C16H18N2O5/c19-15(14-9-22-5-6-23-14)18-13(16(20)21)7-10-8-17-12-4-2-1-3-11(10)12/h1-4,8,13-14,17H,5-7,9H2,(H,18,19)(H,20,21)/t13-,14+/m0/s1. The summed E-state index contributed by atoms with van der Waals surface area (Å²) in [5, 5.41) is 12.9. The van der Waals surface area contributed by atoms with Crippen molar-refractivity contribution in [1.82, 2.24) is 10.3 Å². The Bertz CT molecular complexity index is 705. The first-order chi connectivity index (χ1) is 11.1. The third-order valence-electron chi connectivity index (χ3n) is 3.82. The number of carbonyl (C=O) groups is 2. The number of hydrogen-bond acceptors (Lipinski definition) is 4. The summed E-state index contributed by atoms with van der Waals surface area (Å²) in [7, 11) is 0. The van der Waals surface area contributed by atoms with Crippen LogP contribution in [0.2, 0.25) is 0 Å². The Kier molecular flexibility index (Phi) is 4.59. The monoisotopic (exact) mass is 318 g/mol. The van der Waals surface area contributed by atoms with E-state index >= 15 is 0 Å². The molecule has 122 valence electrons. The van der Waals surface area contributed by atoms with Crippen LogP contribution in [0.15, 0.2) is 30.5 Å². The maximum Gasteiger partial charge on any atom is 0.326 e. The lowest BCUT2D eigenvalue weighted by Gasteiger charge is -2.24. The number of aromatic amines is 1. The second-order valence-corrected chi connectivity index (χ2v) is 5.40. The van der Waals surface area contributed by atoms with Crippen LogP contribution in [0.1, 0.15) is 5.56 Å². The molecular formula is C16H18N2O5. The normalized spacial score (nSPS) is 19.4. The highest BCUT2D eigenvalue weighted by molar-refractivity contribution is 5.88. The molecule has 0 saturated carbocycles. The van der Waals surface area contributed by atoms with E-state index in [0.29, 0.717) is 13.2 Å². The van der Waals surface area contributed by atoms with Crippen molar-refractivity contribution in [2.75, 3.05) is 19.8 Å². The predicted octanol–water partition coefficient (Wildman–Crippen LogP) is 0.695. The molecule has 3 N–H and O–H groups in total. The number of para-hydroxylation sites is 1. The van der Waals surface area contributed by atoms with E-state index in [2.05, 4.69) is 10.3 Å². The number of H-pyrrole nitrogens is 1. The fourth-order valence-electron chi connectivity index (χ4n) is 2.62. The molecule has 0 radical (unpaired) electrons. The molecule has 0 bridgehead atoms. The molecular weight excluding hydrogens is 300 g/mol. The van der Waals surface area contributed by atoms with Crippen LogP contribution in [0.4, 0.5) is 0 Å². The van der Waals surface area contributed by atoms with Crippen LogP contribution in [0.25, 0.3) is 10.9 Å². The van der Waals surface area contributed by atoms with Crippen molar-refractivity contribution in [2.45, 2.75) is 18.6 Å². The molecule has 3 rings (SSSR count). The number of ether oxygens (including phenoxy) is 2. The predicted molar refractivity (Wildman–Crippen MR) is 82.1 cm³/mol. The van der Waals surface area contributed by atoms with Gasteiger partial charge in [0, 0.05) is 23.5 Å². The van der Waals surface area contributed by atoms with E-state index in [1.165, 1.54) is 0 Å². The first-order valence-electron chi connectivity index (χ1n) is 7.42. The summed E-state index contributed by atoms with van der Waals surface area (Å²) in [5.41, 5.74) is 1.77. The van der Waals surface area contributed by atoms with Gasteiger partial charge in [0.2, 0.25) is 0 Å². The van der Waals surface area contributed by atoms with E-state index < -0.39 is 24.0 Å². The zero-order chi connectivity index (χ0) is 16.2. The second kappa shape index (κ2) is 6.80. The van der Waals surface area contributed by atoms with Gasteiger partial charge in [-0.1, -0.05) is 18.2 Å². The van der Waals surface area contributed by atoms with Crippen LogP contribution in [0, 0.1) is 0 Å². The van der Waals surface area contributed by atoms with Crippen molar-refractivity contribution in [2.24, 2.45) is 0 Å². The van der Waals surface area contributed by atoms with Gasteiger partial charge in [-0.2, -0.15) is 0 Å². The molecule has 0 spiro atoms. The molecule has 2 aromatic rings. The number of fused-ring (bicyclic) bond motifs is 1. The van der Waals surface area contributed by atoms with E-state index in [4.69, 9.17) is 9.47 Å². The van der Waals surface area contributed by atoms with E-state index in [0.717, 1.165) is 16.5 Å². The number of carboxylic acid groups (broad SMARTS) is 1. The van der Waals surface area contributed by atoms with Crippen molar-refractivity contribution >= 4 is 22.8 Å². The lowest BCUT2D eigenvalue weighted by atomic mass is 10.0. The fourth-order valence-corrected chi connectivity index (χ4v) is 2.62. The van der Waals surface area contributed by atoms with E-state index in [-0.39, 0.29) is 13.0 Å². The number of nitrogens with one attached hydrogen (secondary N) is 2. The highest BCUT2D eigenvalue weighted by Gasteiger charge is 2.28. The van der Waals surface area contributed by atoms with Gasteiger partial charge in [-0.15, -0.1) is 0 Å². The van der Waals surface area contributed by atoms with Crippen LogP contribution >= 0.6 is 0 Å². The van der Waals surface area contributed by atoms with Crippen molar-refractivity contribution in [3.63, 3.8) is 0 Å². The van der Waals surface area contributed by atoms with Crippen LogP contribution in [-0.2, 0) is 25.5 Å². The number of rotatable bonds is 5. The minimum Gasteiger partial charge on any atom is -0.480 e. The Morgan fingerprint density at radius 1 is 1.35 bits per heavy atom. The van der Waals surface area contributed by atoms with E-state index in [1.54, 1.807) is 6.20 Å². The molecule has 0 unspecified atom stereocenters. The topological polar surface area (TPSA) is 101 Å². The molecule has 1 amide bonds. The lowest BCUT2D eigenvalue weighted by Crippen LogP contribution is -2.50. The Morgan fingerprint density at radius 2 is 2.17 bits per heavy atom. The molecule has 1 aliphatic heterocycles. The molecule has 2 atom stereocenters. The Morgan fingerprint density at radius 3 is 2.91 bits per heavy atom. The number of benzene rings is 1. The van der Waals surface area contributed by atoms with Crippen LogP contribution < -0.4 is 5.32 Å². The summed E-state index contributed by atoms with van der Waals surface area (Å²) >= 11 is 0. The third kappa shape index (κ3) is 3.52. The summed E-state index contributed by atoms with van der Waals surface area (Å²) in [5.74, 6) is -1.54. The molecule has 1 aliphatic rings. The number of hydrogen-bond donors (Lipinski definition) is 3. The van der Waals surface area contributed by atoms with Crippen LogP contribution in [0.5, 0.6) is 0 Å². The van der Waals surface area contributed by atoms with Crippen molar-refractivity contribution in [3.05, 3.63) is 36.0 Å². The summed E-state index contributed by atoms with van der Waals surface area (Å²) in [6.07, 6.45) is 1.21. The van der Waals surface area contributed by atoms with Crippen molar-refractivity contribution in [3.8, 4) is 0 Å². The highest BCUT2D eigenvalue weighted by atomic mass is 16.6. The van der Waals surface area contributed by atoms with Gasteiger partial charge in [-0.3, -0.25) is 4.79 Å². The molecule has 23 heavy (non-hydrogen) atoms.